The topological polar surface area (TPSA) is 54.4 Å². The van der Waals surface area contributed by atoms with Crippen LogP contribution in [-0.2, 0) is 4.79 Å². The van der Waals surface area contributed by atoms with Crippen LogP contribution in [0.4, 0.5) is 0 Å². The normalized spacial score (nSPS) is 24.4. The molecule has 0 amide bonds. The van der Waals surface area contributed by atoms with E-state index in [4.69, 9.17) is 0 Å². The van der Waals surface area contributed by atoms with E-state index < -0.39 is 11.6 Å². The van der Waals surface area contributed by atoms with E-state index in [-0.39, 0.29) is 5.76 Å². The molecule has 0 saturated heterocycles. The monoisotopic (exact) mass is 340 g/mol. The van der Waals surface area contributed by atoms with Gasteiger partial charge in [-0.2, -0.15) is 0 Å². The fraction of sp³-hybridized carbons (Fsp3) is 0.545. The highest BCUT2D eigenvalue weighted by Gasteiger charge is 2.36. The Morgan fingerprint density at radius 1 is 1.00 bits per heavy atom. The molecule has 0 bridgehead atoms. The molecule has 1 N–H and O–H groups in total. The van der Waals surface area contributed by atoms with Crippen LogP contribution in [0.3, 0.4) is 0 Å². The van der Waals surface area contributed by atoms with Crippen LogP contribution in [0.5, 0.6) is 0 Å². The predicted molar refractivity (Wildman–Crippen MR) is 99.5 cm³/mol. The summed E-state index contributed by atoms with van der Waals surface area (Å²) in [6, 6.07) is 6.84. The molecule has 1 aromatic carbocycles. The van der Waals surface area contributed by atoms with Crippen molar-refractivity contribution in [2.75, 3.05) is 0 Å². The van der Waals surface area contributed by atoms with Gasteiger partial charge in [-0.25, -0.2) is 0 Å². The number of rotatable bonds is 4. The second-order valence-corrected chi connectivity index (χ2v) is 8.29. The molecule has 0 unspecified atom stereocenters. The molecular weight excluding hydrogens is 312 g/mol. The molecule has 3 heteroatoms. The van der Waals surface area contributed by atoms with Crippen LogP contribution in [0.2, 0.25) is 0 Å². The lowest BCUT2D eigenvalue weighted by molar-refractivity contribution is -0.112. The van der Waals surface area contributed by atoms with Crippen molar-refractivity contribution >= 4 is 17.3 Å². The van der Waals surface area contributed by atoms with Crippen molar-refractivity contribution in [2.24, 2.45) is 17.3 Å². The lowest BCUT2D eigenvalue weighted by Gasteiger charge is -2.39. The molecule has 3 rings (SSSR count). The van der Waals surface area contributed by atoms with Crippen molar-refractivity contribution in [1.29, 1.82) is 0 Å². The molecule has 2 aliphatic rings. The van der Waals surface area contributed by atoms with Gasteiger partial charge >= 0.3 is 0 Å². The maximum absolute atomic E-state index is 12.5. The molecule has 0 radical (unpaired) electrons. The number of allylic oxidation sites excluding steroid dienone is 1. The zero-order chi connectivity index (χ0) is 18.2. The third kappa shape index (κ3) is 3.29. The van der Waals surface area contributed by atoms with Crippen molar-refractivity contribution < 1.29 is 14.7 Å². The number of ketones is 2. The van der Waals surface area contributed by atoms with Gasteiger partial charge in [-0.1, -0.05) is 51.5 Å². The van der Waals surface area contributed by atoms with Gasteiger partial charge < -0.3 is 5.11 Å². The van der Waals surface area contributed by atoms with E-state index in [1.807, 2.05) is 0 Å². The molecule has 0 heterocycles. The summed E-state index contributed by atoms with van der Waals surface area (Å²) in [4.78, 5) is 24.8. The van der Waals surface area contributed by atoms with Gasteiger partial charge in [0.2, 0.25) is 11.6 Å². The Hall–Kier alpha value is -1.90. The Balaban J connectivity index is 1.76. The van der Waals surface area contributed by atoms with Crippen LogP contribution in [0.25, 0.3) is 5.76 Å². The molecule has 134 valence electrons. The highest BCUT2D eigenvalue weighted by Crippen LogP contribution is 2.44. The lowest BCUT2D eigenvalue weighted by atomic mass is 9.66. The third-order valence-electron chi connectivity index (χ3n) is 6.55. The highest BCUT2D eigenvalue weighted by molar-refractivity contribution is 6.52. The molecule has 1 fully saturated rings. The van der Waals surface area contributed by atoms with E-state index in [0.717, 1.165) is 31.6 Å². The lowest BCUT2D eigenvalue weighted by Crippen LogP contribution is -2.29. The van der Waals surface area contributed by atoms with Crippen LogP contribution >= 0.6 is 0 Å². The summed E-state index contributed by atoms with van der Waals surface area (Å²) < 4.78 is 0. The molecule has 0 aliphatic heterocycles. The highest BCUT2D eigenvalue weighted by atomic mass is 16.3. The zero-order valence-electron chi connectivity index (χ0n) is 15.5. The average molecular weight is 340 g/mol. The first kappa shape index (κ1) is 17.9. The first-order valence-electron chi connectivity index (χ1n) is 9.45. The van der Waals surface area contributed by atoms with Gasteiger partial charge in [-0.05, 0) is 49.4 Å². The summed E-state index contributed by atoms with van der Waals surface area (Å²) in [5.74, 6) is 0.108. The molecule has 0 spiro atoms. The van der Waals surface area contributed by atoms with E-state index in [1.54, 1.807) is 24.3 Å². The van der Waals surface area contributed by atoms with E-state index in [9.17, 15) is 14.7 Å². The molecule has 1 saturated carbocycles. The SMILES string of the molecule is CCC(C)(C)C1CCC(CC2=C(O)c3ccccc3C(=O)C2=O)CC1. The van der Waals surface area contributed by atoms with Gasteiger partial charge in [-0.15, -0.1) is 0 Å². The van der Waals surface area contributed by atoms with Gasteiger partial charge in [0.05, 0.1) is 0 Å². The van der Waals surface area contributed by atoms with Crippen molar-refractivity contribution in [2.45, 2.75) is 59.3 Å². The van der Waals surface area contributed by atoms with E-state index in [2.05, 4.69) is 20.8 Å². The van der Waals surface area contributed by atoms with Gasteiger partial charge in [0.1, 0.15) is 5.76 Å². The molecule has 25 heavy (non-hydrogen) atoms. The molecule has 1 aromatic rings. The summed E-state index contributed by atoms with van der Waals surface area (Å²) in [7, 11) is 0. The number of aliphatic hydroxyl groups excluding tert-OH is 1. The third-order valence-corrected chi connectivity index (χ3v) is 6.55. The number of hydrogen-bond donors (Lipinski definition) is 1. The summed E-state index contributed by atoms with van der Waals surface area (Å²) in [5.41, 5.74) is 1.51. The van der Waals surface area contributed by atoms with E-state index >= 15 is 0 Å². The van der Waals surface area contributed by atoms with Gasteiger partial charge in [0.25, 0.3) is 0 Å². The molecule has 0 atom stereocenters. The minimum Gasteiger partial charge on any atom is -0.507 e. The number of carbonyl (C=O) groups is 2. The van der Waals surface area contributed by atoms with Gasteiger partial charge in [0.15, 0.2) is 0 Å². The minimum atomic E-state index is -0.521. The predicted octanol–water partition coefficient (Wildman–Crippen LogP) is 5.35. The van der Waals surface area contributed by atoms with Gasteiger partial charge in [0, 0.05) is 16.7 Å². The Bertz CT molecular complexity index is 719. The van der Waals surface area contributed by atoms with E-state index in [1.165, 1.54) is 6.42 Å². The maximum atomic E-state index is 12.5. The maximum Gasteiger partial charge on any atom is 0.234 e. The second-order valence-electron chi connectivity index (χ2n) is 8.29. The van der Waals surface area contributed by atoms with Crippen LogP contribution in [-0.4, -0.2) is 16.7 Å². The van der Waals surface area contributed by atoms with Crippen LogP contribution < -0.4 is 0 Å². The number of Topliss-reactive ketones (excluding diaryl/α,β-unsaturated/α-hetero) is 2. The summed E-state index contributed by atoms with van der Waals surface area (Å²) in [6.45, 7) is 6.93. The van der Waals surface area contributed by atoms with Crippen LogP contribution in [0.15, 0.2) is 29.8 Å². The number of aliphatic hydroxyl groups is 1. The Morgan fingerprint density at radius 3 is 2.20 bits per heavy atom. The Morgan fingerprint density at radius 2 is 1.60 bits per heavy atom. The smallest absolute Gasteiger partial charge is 0.234 e. The summed E-state index contributed by atoms with van der Waals surface area (Å²) >= 11 is 0. The van der Waals surface area contributed by atoms with E-state index in [0.29, 0.717) is 34.5 Å². The zero-order valence-corrected chi connectivity index (χ0v) is 15.5. The molecular formula is C22H28O3. The van der Waals surface area contributed by atoms with Crippen molar-refractivity contribution in [3.8, 4) is 0 Å². The Labute approximate surface area is 150 Å². The first-order chi connectivity index (χ1) is 11.8. The van der Waals surface area contributed by atoms with Crippen molar-refractivity contribution in [1.82, 2.24) is 0 Å². The number of hydrogen-bond acceptors (Lipinski definition) is 3. The standard InChI is InChI=1S/C22H28O3/c1-4-22(2,3)15-11-9-14(10-12-15)13-18-19(23)16-7-5-6-8-17(16)20(24)21(18)25/h5-8,14-15,23H,4,9-13H2,1-3H3. The average Bonchev–Trinajstić information content (AvgIpc) is 2.64. The summed E-state index contributed by atoms with van der Waals surface area (Å²) in [6.07, 6.45) is 6.15. The number of fused-ring (bicyclic) bond motifs is 1. The minimum absolute atomic E-state index is 0.0104. The van der Waals surface area contributed by atoms with Gasteiger partial charge in [-0.3, -0.25) is 9.59 Å². The fourth-order valence-electron chi connectivity index (χ4n) is 4.33. The van der Waals surface area contributed by atoms with Crippen LogP contribution in [0.1, 0.15) is 75.2 Å². The van der Waals surface area contributed by atoms with Crippen molar-refractivity contribution in [3.05, 3.63) is 41.0 Å². The summed E-state index contributed by atoms with van der Waals surface area (Å²) in [5, 5.41) is 10.6. The molecule has 2 aliphatic carbocycles. The second kappa shape index (κ2) is 6.78. The molecule has 3 nitrogen and oxygen atoms in total. The quantitative estimate of drug-likeness (QED) is 0.751. The largest absolute Gasteiger partial charge is 0.507 e. The number of benzene rings is 1. The fourth-order valence-corrected chi connectivity index (χ4v) is 4.33. The number of carbonyl (C=O) groups excluding carboxylic acids is 2. The van der Waals surface area contributed by atoms with Crippen LogP contribution in [0, 0.1) is 17.3 Å². The first-order valence-corrected chi connectivity index (χ1v) is 9.45. The molecule has 0 aromatic heterocycles. The Kier molecular flexibility index (Phi) is 4.86. The van der Waals surface area contributed by atoms with Crippen molar-refractivity contribution in [3.63, 3.8) is 0 Å².